The van der Waals surface area contributed by atoms with Crippen molar-refractivity contribution in [3.8, 4) is 0 Å². The van der Waals surface area contributed by atoms with E-state index in [0.29, 0.717) is 24.7 Å². The van der Waals surface area contributed by atoms with E-state index in [1.807, 2.05) is 0 Å². The van der Waals surface area contributed by atoms with Gasteiger partial charge in [-0.25, -0.2) is 4.39 Å². The second kappa shape index (κ2) is 3.33. The number of aliphatic hydroxyl groups excluding tert-OH is 1. The second-order valence-corrected chi connectivity index (χ2v) is 4.57. The van der Waals surface area contributed by atoms with Crippen LogP contribution in [0.4, 0.5) is 4.39 Å². The Balaban J connectivity index is 2.52. The standard InChI is InChI=1S/C10H19FO/c1-7(2)8-4-5-10(3,11)9(12)6-8/h7-9,12H,4-6H2,1-3H3. The van der Waals surface area contributed by atoms with Gasteiger partial charge in [0.05, 0.1) is 6.10 Å². The highest BCUT2D eigenvalue weighted by molar-refractivity contribution is 4.90. The molecule has 0 heterocycles. The van der Waals surface area contributed by atoms with Crippen LogP contribution in [0.15, 0.2) is 0 Å². The zero-order valence-electron chi connectivity index (χ0n) is 8.18. The third-order valence-corrected chi connectivity index (χ3v) is 3.17. The Kier molecular flexibility index (Phi) is 2.77. The van der Waals surface area contributed by atoms with Crippen LogP contribution in [0.2, 0.25) is 0 Å². The number of alkyl halides is 1. The number of aliphatic hydroxyl groups is 1. The van der Waals surface area contributed by atoms with Crippen molar-refractivity contribution in [3.63, 3.8) is 0 Å². The van der Waals surface area contributed by atoms with E-state index < -0.39 is 11.8 Å². The quantitative estimate of drug-likeness (QED) is 0.647. The highest BCUT2D eigenvalue weighted by atomic mass is 19.1. The summed E-state index contributed by atoms with van der Waals surface area (Å²) in [7, 11) is 0. The molecule has 1 N–H and O–H groups in total. The van der Waals surface area contributed by atoms with Crippen LogP contribution in [0.1, 0.15) is 40.0 Å². The van der Waals surface area contributed by atoms with Crippen LogP contribution in [-0.2, 0) is 0 Å². The minimum absolute atomic E-state index is 0.504. The van der Waals surface area contributed by atoms with Crippen LogP contribution in [0.3, 0.4) is 0 Å². The molecule has 1 nitrogen and oxygen atoms in total. The second-order valence-electron chi connectivity index (χ2n) is 4.57. The van der Waals surface area contributed by atoms with Gasteiger partial charge in [0.1, 0.15) is 5.67 Å². The molecule has 0 bridgehead atoms. The summed E-state index contributed by atoms with van der Waals surface area (Å²) in [6, 6.07) is 0. The molecule has 0 aromatic heterocycles. The van der Waals surface area contributed by atoms with Gasteiger partial charge in [-0.1, -0.05) is 13.8 Å². The van der Waals surface area contributed by atoms with Crippen LogP contribution in [0, 0.1) is 11.8 Å². The van der Waals surface area contributed by atoms with Crippen molar-refractivity contribution >= 4 is 0 Å². The lowest BCUT2D eigenvalue weighted by Gasteiger charge is -2.37. The third-order valence-electron chi connectivity index (χ3n) is 3.17. The molecule has 0 aromatic carbocycles. The molecule has 1 saturated carbocycles. The molecule has 12 heavy (non-hydrogen) atoms. The van der Waals surface area contributed by atoms with Crippen molar-refractivity contribution in [1.29, 1.82) is 0 Å². The van der Waals surface area contributed by atoms with Gasteiger partial charge in [-0.2, -0.15) is 0 Å². The summed E-state index contributed by atoms with van der Waals surface area (Å²) in [4.78, 5) is 0. The molecule has 2 heteroatoms. The first-order chi connectivity index (χ1) is 5.43. The summed E-state index contributed by atoms with van der Waals surface area (Å²) in [6.07, 6.45) is 1.31. The van der Waals surface area contributed by atoms with E-state index in [0.717, 1.165) is 6.42 Å². The third kappa shape index (κ3) is 1.98. The minimum Gasteiger partial charge on any atom is -0.390 e. The molecule has 3 unspecified atom stereocenters. The molecule has 0 saturated heterocycles. The molecule has 0 spiro atoms. The molecule has 1 aliphatic carbocycles. The summed E-state index contributed by atoms with van der Waals surface area (Å²) in [5.74, 6) is 1.07. The van der Waals surface area contributed by atoms with Crippen molar-refractivity contribution < 1.29 is 9.50 Å². The molecular formula is C10H19FO. The van der Waals surface area contributed by atoms with E-state index in [1.165, 1.54) is 6.92 Å². The van der Waals surface area contributed by atoms with Gasteiger partial charge in [-0.15, -0.1) is 0 Å². The maximum absolute atomic E-state index is 13.5. The van der Waals surface area contributed by atoms with Crippen LogP contribution >= 0.6 is 0 Å². The molecule has 0 aromatic rings. The van der Waals surface area contributed by atoms with Gasteiger partial charge in [0.15, 0.2) is 0 Å². The highest BCUT2D eigenvalue weighted by Crippen LogP contribution is 2.37. The fourth-order valence-electron chi connectivity index (χ4n) is 1.89. The van der Waals surface area contributed by atoms with Crippen LogP contribution in [0.5, 0.6) is 0 Å². The molecule has 0 radical (unpaired) electrons. The van der Waals surface area contributed by atoms with Gasteiger partial charge in [-0.3, -0.25) is 0 Å². The molecule has 1 aliphatic rings. The summed E-state index contributed by atoms with van der Waals surface area (Å²) in [6.45, 7) is 5.78. The molecule has 1 rings (SSSR count). The van der Waals surface area contributed by atoms with Crippen molar-refractivity contribution in [2.24, 2.45) is 11.8 Å². The first-order valence-corrected chi connectivity index (χ1v) is 4.80. The fourth-order valence-corrected chi connectivity index (χ4v) is 1.89. The molecule has 72 valence electrons. The predicted octanol–water partition coefficient (Wildman–Crippen LogP) is 2.53. The number of halogens is 1. The molecule has 1 fully saturated rings. The number of hydrogen-bond donors (Lipinski definition) is 1. The van der Waals surface area contributed by atoms with Gasteiger partial charge in [0.25, 0.3) is 0 Å². The van der Waals surface area contributed by atoms with Gasteiger partial charge < -0.3 is 5.11 Å². The van der Waals surface area contributed by atoms with E-state index in [1.54, 1.807) is 0 Å². The summed E-state index contributed by atoms with van der Waals surface area (Å²) >= 11 is 0. The highest BCUT2D eigenvalue weighted by Gasteiger charge is 2.39. The molecule has 3 atom stereocenters. The Morgan fingerprint density at radius 1 is 1.50 bits per heavy atom. The van der Waals surface area contributed by atoms with E-state index in [4.69, 9.17) is 0 Å². The SMILES string of the molecule is CC(C)C1CCC(C)(F)C(O)C1. The lowest BCUT2D eigenvalue weighted by Crippen LogP contribution is -2.41. The van der Waals surface area contributed by atoms with Crippen LogP contribution < -0.4 is 0 Å². The normalized spacial score (nSPS) is 43.5. The average molecular weight is 174 g/mol. The number of hydrogen-bond acceptors (Lipinski definition) is 1. The van der Waals surface area contributed by atoms with E-state index in [2.05, 4.69) is 13.8 Å². The van der Waals surface area contributed by atoms with Crippen LogP contribution in [0.25, 0.3) is 0 Å². The van der Waals surface area contributed by atoms with Gasteiger partial charge >= 0.3 is 0 Å². The van der Waals surface area contributed by atoms with E-state index >= 15 is 0 Å². The average Bonchev–Trinajstić information content (AvgIpc) is 1.94. The predicted molar refractivity (Wildman–Crippen MR) is 47.7 cm³/mol. The monoisotopic (exact) mass is 174 g/mol. The lowest BCUT2D eigenvalue weighted by atomic mass is 9.74. The smallest absolute Gasteiger partial charge is 0.134 e. The minimum atomic E-state index is -1.34. The van der Waals surface area contributed by atoms with Gasteiger partial charge in [0, 0.05) is 0 Å². The first kappa shape index (κ1) is 9.97. The summed E-state index contributed by atoms with van der Waals surface area (Å²) < 4.78 is 13.5. The molecule has 0 amide bonds. The van der Waals surface area contributed by atoms with Gasteiger partial charge in [0.2, 0.25) is 0 Å². The maximum Gasteiger partial charge on any atom is 0.134 e. The topological polar surface area (TPSA) is 20.2 Å². The molecular weight excluding hydrogens is 155 g/mol. The van der Waals surface area contributed by atoms with E-state index in [-0.39, 0.29) is 0 Å². The largest absolute Gasteiger partial charge is 0.390 e. The zero-order valence-corrected chi connectivity index (χ0v) is 8.18. The Morgan fingerprint density at radius 3 is 2.50 bits per heavy atom. The fraction of sp³-hybridized carbons (Fsp3) is 1.00. The Labute approximate surface area is 74.0 Å². The van der Waals surface area contributed by atoms with E-state index in [9.17, 15) is 9.50 Å². The summed E-state index contributed by atoms with van der Waals surface area (Å²) in [5, 5.41) is 9.48. The zero-order chi connectivity index (χ0) is 9.35. The van der Waals surface area contributed by atoms with Crippen molar-refractivity contribution in [2.45, 2.75) is 51.8 Å². The van der Waals surface area contributed by atoms with Crippen LogP contribution in [-0.4, -0.2) is 16.9 Å². The lowest BCUT2D eigenvalue weighted by molar-refractivity contribution is -0.0505. The summed E-state index contributed by atoms with van der Waals surface area (Å²) in [5.41, 5.74) is -1.34. The number of rotatable bonds is 1. The Bertz CT molecular complexity index is 154. The van der Waals surface area contributed by atoms with Crippen molar-refractivity contribution in [1.82, 2.24) is 0 Å². The molecule has 0 aliphatic heterocycles. The first-order valence-electron chi connectivity index (χ1n) is 4.80. The maximum atomic E-state index is 13.5. The van der Waals surface area contributed by atoms with Crippen molar-refractivity contribution in [2.75, 3.05) is 0 Å². The van der Waals surface area contributed by atoms with Gasteiger partial charge in [-0.05, 0) is 38.0 Å². The van der Waals surface area contributed by atoms with Crippen molar-refractivity contribution in [3.05, 3.63) is 0 Å². The Hall–Kier alpha value is -0.110. The Morgan fingerprint density at radius 2 is 2.08 bits per heavy atom.